The first kappa shape index (κ1) is 16.1. The summed E-state index contributed by atoms with van der Waals surface area (Å²) in [5.74, 6) is 0.881. The number of benzene rings is 1. The molecule has 0 unspecified atom stereocenters. The van der Waals surface area contributed by atoms with Gasteiger partial charge in [0, 0.05) is 24.4 Å². The maximum absolute atomic E-state index is 12.4. The molecule has 0 saturated heterocycles. The van der Waals surface area contributed by atoms with E-state index in [4.69, 9.17) is 0 Å². The zero-order chi connectivity index (χ0) is 14.5. The highest BCUT2D eigenvalue weighted by molar-refractivity contribution is 7.97. The van der Waals surface area contributed by atoms with E-state index >= 15 is 0 Å². The molecule has 0 bridgehead atoms. The van der Waals surface area contributed by atoms with Crippen LogP contribution in [0.3, 0.4) is 0 Å². The molecule has 1 aromatic carbocycles. The van der Waals surface area contributed by atoms with E-state index in [2.05, 4.69) is 0 Å². The molecule has 1 aromatic rings. The van der Waals surface area contributed by atoms with E-state index in [1.807, 2.05) is 37.4 Å². The number of aliphatic hydroxyl groups is 1. The van der Waals surface area contributed by atoms with Crippen LogP contribution in [0.4, 0.5) is 0 Å². The Morgan fingerprint density at radius 3 is 2.63 bits per heavy atom. The molecule has 0 heterocycles. The van der Waals surface area contributed by atoms with Crippen molar-refractivity contribution in [1.29, 1.82) is 0 Å². The van der Waals surface area contributed by atoms with Gasteiger partial charge in [-0.15, -0.1) is 0 Å². The van der Waals surface area contributed by atoms with Gasteiger partial charge >= 0.3 is 0 Å². The third-order valence-electron chi connectivity index (χ3n) is 2.73. The van der Waals surface area contributed by atoms with E-state index in [-0.39, 0.29) is 5.91 Å². The molecule has 0 aliphatic rings. The lowest BCUT2D eigenvalue weighted by Gasteiger charge is -2.28. The number of rotatable bonds is 6. The van der Waals surface area contributed by atoms with Gasteiger partial charge in [-0.25, -0.2) is 0 Å². The van der Waals surface area contributed by atoms with Crippen molar-refractivity contribution in [3.05, 3.63) is 35.4 Å². The van der Waals surface area contributed by atoms with Gasteiger partial charge in [-0.2, -0.15) is 11.8 Å². The molecule has 19 heavy (non-hydrogen) atoms. The molecule has 0 atom stereocenters. The molecule has 0 aliphatic carbocycles. The summed E-state index contributed by atoms with van der Waals surface area (Å²) >= 11 is 1.73. The van der Waals surface area contributed by atoms with Crippen molar-refractivity contribution >= 4 is 17.7 Å². The maximum atomic E-state index is 12.4. The molecular weight excluding hydrogens is 258 g/mol. The number of hydrogen-bond acceptors (Lipinski definition) is 3. The standard InChI is InChI=1S/C15H23NO2S/c1-5-16(11-15(2,3)18)14(17)13-8-6-7-12(9-13)10-19-4/h6-9,18H,5,10-11H2,1-4H3. The lowest BCUT2D eigenvalue weighted by Crippen LogP contribution is -2.42. The predicted octanol–water partition coefficient (Wildman–Crippen LogP) is 2.78. The van der Waals surface area contributed by atoms with Crippen molar-refractivity contribution < 1.29 is 9.90 Å². The molecule has 1 rings (SSSR count). The molecule has 0 fully saturated rings. The van der Waals surface area contributed by atoms with Crippen molar-refractivity contribution in [1.82, 2.24) is 4.90 Å². The smallest absolute Gasteiger partial charge is 0.253 e. The molecule has 1 N–H and O–H groups in total. The molecule has 0 aliphatic heterocycles. The summed E-state index contributed by atoms with van der Waals surface area (Å²) in [7, 11) is 0. The van der Waals surface area contributed by atoms with Gasteiger partial charge in [0.1, 0.15) is 0 Å². The lowest BCUT2D eigenvalue weighted by molar-refractivity contribution is 0.0314. The van der Waals surface area contributed by atoms with Crippen LogP contribution >= 0.6 is 11.8 Å². The third kappa shape index (κ3) is 5.25. The molecule has 0 radical (unpaired) electrons. The fraction of sp³-hybridized carbons (Fsp3) is 0.533. The second-order valence-corrected chi connectivity index (χ2v) is 6.13. The van der Waals surface area contributed by atoms with Crippen LogP contribution in [0.2, 0.25) is 0 Å². The van der Waals surface area contributed by atoms with Crippen LogP contribution < -0.4 is 0 Å². The zero-order valence-corrected chi connectivity index (χ0v) is 13.0. The van der Waals surface area contributed by atoms with Crippen LogP contribution in [0.1, 0.15) is 36.7 Å². The summed E-state index contributed by atoms with van der Waals surface area (Å²) in [5.41, 5.74) is 0.970. The summed E-state index contributed by atoms with van der Waals surface area (Å²) in [4.78, 5) is 14.1. The number of thioether (sulfide) groups is 1. The Hall–Kier alpha value is -1.00. The molecule has 0 aromatic heterocycles. The van der Waals surface area contributed by atoms with Gasteiger partial charge in [-0.3, -0.25) is 4.79 Å². The second kappa shape index (κ2) is 6.96. The van der Waals surface area contributed by atoms with E-state index in [0.29, 0.717) is 18.7 Å². The third-order valence-corrected chi connectivity index (χ3v) is 3.35. The van der Waals surface area contributed by atoms with Gasteiger partial charge in [-0.1, -0.05) is 12.1 Å². The van der Waals surface area contributed by atoms with Crippen molar-refractivity contribution in [2.24, 2.45) is 0 Å². The van der Waals surface area contributed by atoms with Crippen molar-refractivity contribution in [2.45, 2.75) is 32.1 Å². The zero-order valence-electron chi connectivity index (χ0n) is 12.1. The lowest BCUT2D eigenvalue weighted by atomic mass is 10.1. The summed E-state index contributed by atoms with van der Waals surface area (Å²) in [6.07, 6.45) is 2.04. The van der Waals surface area contributed by atoms with Gasteiger partial charge in [0.15, 0.2) is 0 Å². The molecule has 4 heteroatoms. The van der Waals surface area contributed by atoms with E-state index in [9.17, 15) is 9.90 Å². The summed E-state index contributed by atoms with van der Waals surface area (Å²) < 4.78 is 0. The van der Waals surface area contributed by atoms with Crippen molar-refractivity contribution in [3.8, 4) is 0 Å². The average Bonchev–Trinajstić information content (AvgIpc) is 2.35. The Balaban J connectivity index is 2.88. The Kier molecular flexibility index (Phi) is 5.88. The van der Waals surface area contributed by atoms with Gasteiger partial charge in [0.25, 0.3) is 5.91 Å². The fourth-order valence-electron chi connectivity index (χ4n) is 1.94. The Labute approximate surface area is 120 Å². The molecule has 0 spiro atoms. The van der Waals surface area contributed by atoms with E-state index in [0.717, 1.165) is 11.3 Å². The minimum Gasteiger partial charge on any atom is -0.389 e. The van der Waals surface area contributed by atoms with Crippen LogP contribution in [0.15, 0.2) is 24.3 Å². The van der Waals surface area contributed by atoms with Gasteiger partial charge in [0.05, 0.1) is 5.60 Å². The highest BCUT2D eigenvalue weighted by Crippen LogP contribution is 2.14. The number of likely N-dealkylation sites (N-methyl/N-ethyl adjacent to an activating group) is 1. The van der Waals surface area contributed by atoms with Crippen LogP contribution in [0, 0.1) is 0 Å². The predicted molar refractivity (Wildman–Crippen MR) is 81.5 cm³/mol. The molecule has 106 valence electrons. The number of amides is 1. The highest BCUT2D eigenvalue weighted by atomic mass is 32.2. The molecule has 1 amide bonds. The van der Waals surface area contributed by atoms with Gasteiger partial charge < -0.3 is 10.0 Å². The topological polar surface area (TPSA) is 40.5 Å². The number of carbonyl (C=O) groups excluding carboxylic acids is 1. The normalized spacial score (nSPS) is 11.4. The van der Waals surface area contributed by atoms with Crippen LogP contribution in [0.5, 0.6) is 0 Å². The monoisotopic (exact) mass is 281 g/mol. The quantitative estimate of drug-likeness (QED) is 0.871. The molecule has 3 nitrogen and oxygen atoms in total. The van der Waals surface area contributed by atoms with Crippen molar-refractivity contribution in [2.75, 3.05) is 19.3 Å². The SMILES string of the molecule is CCN(CC(C)(C)O)C(=O)c1cccc(CSC)c1. The number of nitrogens with zero attached hydrogens (tertiary/aromatic N) is 1. The summed E-state index contributed by atoms with van der Waals surface area (Å²) in [6, 6.07) is 7.71. The maximum Gasteiger partial charge on any atom is 0.253 e. The minimum absolute atomic E-state index is 0.0208. The Bertz CT molecular complexity index is 426. The summed E-state index contributed by atoms with van der Waals surface area (Å²) in [5, 5.41) is 9.86. The second-order valence-electron chi connectivity index (χ2n) is 5.27. The fourth-order valence-corrected chi connectivity index (χ4v) is 2.45. The largest absolute Gasteiger partial charge is 0.389 e. The first-order valence-electron chi connectivity index (χ1n) is 6.47. The number of carbonyl (C=O) groups is 1. The van der Waals surface area contributed by atoms with Crippen molar-refractivity contribution in [3.63, 3.8) is 0 Å². The Morgan fingerprint density at radius 2 is 2.11 bits per heavy atom. The average molecular weight is 281 g/mol. The van der Waals surface area contributed by atoms with E-state index < -0.39 is 5.60 Å². The highest BCUT2D eigenvalue weighted by Gasteiger charge is 2.22. The number of hydrogen-bond donors (Lipinski definition) is 1. The first-order chi connectivity index (χ1) is 8.87. The van der Waals surface area contributed by atoms with Crippen LogP contribution in [-0.2, 0) is 5.75 Å². The van der Waals surface area contributed by atoms with E-state index in [1.54, 1.807) is 30.5 Å². The summed E-state index contributed by atoms with van der Waals surface area (Å²) in [6.45, 7) is 6.29. The van der Waals surface area contributed by atoms with Gasteiger partial charge in [0.2, 0.25) is 0 Å². The van der Waals surface area contributed by atoms with E-state index in [1.165, 1.54) is 0 Å². The van der Waals surface area contributed by atoms with Crippen LogP contribution in [0.25, 0.3) is 0 Å². The Morgan fingerprint density at radius 1 is 1.42 bits per heavy atom. The van der Waals surface area contributed by atoms with Gasteiger partial charge in [-0.05, 0) is 44.7 Å². The molecule has 0 saturated carbocycles. The molecular formula is C15H23NO2S. The minimum atomic E-state index is -0.872. The van der Waals surface area contributed by atoms with Crippen LogP contribution in [-0.4, -0.2) is 40.9 Å². The first-order valence-corrected chi connectivity index (χ1v) is 7.86.